The molecule has 0 saturated heterocycles. The van der Waals surface area contributed by atoms with Gasteiger partial charge in [-0.05, 0) is 25.1 Å². The minimum absolute atomic E-state index is 0.0456. The Morgan fingerprint density at radius 2 is 2.04 bits per heavy atom. The number of nitrogens with zero attached hydrogens (tertiary/aromatic N) is 1. The van der Waals surface area contributed by atoms with Crippen LogP contribution in [0.1, 0.15) is 28.9 Å². The molecule has 0 amide bonds. The number of hydrogen-bond donors (Lipinski definition) is 2. The Bertz CT molecular complexity index is 749. The first-order valence-electron chi connectivity index (χ1n) is 6.86. The van der Waals surface area contributed by atoms with E-state index in [-0.39, 0.29) is 29.3 Å². The van der Waals surface area contributed by atoms with Crippen LogP contribution in [0.5, 0.6) is 0 Å². The third-order valence-electron chi connectivity index (χ3n) is 3.35. The summed E-state index contributed by atoms with van der Waals surface area (Å²) in [5.74, 6) is -0.254. The summed E-state index contributed by atoms with van der Waals surface area (Å²) in [5, 5.41) is 24.5. The smallest absolute Gasteiger partial charge is 0.293 e. The number of carbonyl (C=O) groups is 1. The molecule has 0 heterocycles. The van der Waals surface area contributed by atoms with E-state index in [9.17, 15) is 20.0 Å². The lowest BCUT2D eigenvalue weighted by Crippen LogP contribution is -2.13. The SMILES string of the molecule is CC(=O)c1ccc(NCC(O)c2ccccc2Cl)c([N+](=O)[O-])c1. The van der Waals surface area contributed by atoms with Crippen molar-refractivity contribution in [1.29, 1.82) is 0 Å². The average Bonchev–Trinajstić information content (AvgIpc) is 2.52. The quantitative estimate of drug-likeness (QED) is 0.478. The Morgan fingerprint density at radius 1 is 1.35 bits per heavy atom. The number of halogens is 1. The van der Waals surface area contributed by atoms with E-state index in [0.717, 1.165) is 0 Å². The van der Waals surface area contributed by atoms with Crippen LogP contribution in [-0.2, 0) is 0 Å². The molecule has 0 spiro atoms. The summed E-state index contributed by atoms with van der Waals surface area (Å²) in [7, 11) is 0. The normalized spacial score (nSPS) is 11.8. The maximum atomic E-state index is 11.3. The minimum atomic E-state index is -0.921. The summed E-state index contributed by atoms with van der Waals surface area (Å²) in [6.07, 6.45) is -0.921. The number of nitro groups is 1. The molecule has 0 aliphatic rings. The molecule has 0 aliphatic heterocycles. The molecule has 0 bridgehead atoms. The molecule has 0 aliphatic carbocycles. The van der Waals surface area contributed by atoms with Gasteiger partial charge < -0.3 is 10.4 Å². The average molecular weight is 335 g/mol. The van der Waals surface area contributed by atoms with Crippen molar-refractivity contribution in [2.75, 3.05) is 11.9 Å². The zero-order valence-corrected chi connectivity index (χ0v) is 13.1. The largest absolute Gasteiger partial charge is 0.387 e. The molecule has 1 atom stereocenters. The number of nitro benzene ring substituents is 1. The molecular formula is C16H15ClN2O4. The van der Waals surface area contributed by atoms with Gasteiger partial charge in [0, 0.05) is 28.8 Å². The fraction of sp³-hybridized carbons (Fsp3) is 0.188. The minimum Gasteiger partial charge on any atom is -0.387 e. The lowest BCUT2D eigenvalue weighted by molar-refractivity contribution is -0.384. The zero-order valence-electron chi connectivity index (χ0n) is 12.3. The van der Waals surface area contributed by atoms with E-state index in [0.29, 0.717) is 10.6 Å². The van der Waals surface area contributed by atoms with Gasteiger partial charge in [-0.1, -0.05) is 29.8 Å². The Morgan fingerprint density at radius 3 is 2.65 bits per heavy atom. The van der Waals surface area contributed by atoms with Gasteiger partial charge >= 0.3 is 0 Å². The number of ketones is 1. The first-order chi connectivity index (χ1) is 10.9. The van der Waals surface area contributed by atoms with Crippen molar-refractivity contribution < 1.29 is 14.8 Å². The van der Waals surface area contributed by atoms with Gasteiger partial charge in [-0.15, -0.1) is 0 Å². The third kappa shape index (κ3) is 4.06. The molecule has 0 aromatic heterocycles. The van der Waals surface area contributed by atoms with Gasteiger partial charge in [0.15, 0.2) is 5.78 Å². The third-order valence-corrected chi connectivity index (χ3v) is 3.70. The number of anilines is 1. The summed E-state index contributed by atoms with van der Waals surface area (Å²) in [5.41, 5.74) is 0.800. The summed E-state index contributed by atoms with van der Waals surface area (Å²) in [6, 6.07) is 11.0. The molecule has 2 aromatic carbocycles. The predicted octanol–water partition coefficient (Wildman–Crippen LogP) is 3.60. The molecule has 23 heavy (non-hydrogen) atoms. The van der Waals surface area contributed by atoms with E-state index in [1.807, 2.05) is 0 Å². The van der Waals surface area contributed by atoms with Crippen LogP contribution in [0.2, 0.25) is 5.02 Å². The lowest BCUT2D eigenvalue weighted by Gasteiger charge is -2.14. The van der Waals surface area contributed by atoms with Crippen LogP contribution in [0.15, 0.2) is 42.5 Å². The Labute approximate surface area is 137 Å². The highest BCUT2D eigenvalue weighted by molar-refractivity contribution is 6.31. The number of benzene rings is 2. The molecule has 1 unspecified atom stereocenters. The molecule has 7 heteroatoms. The van der Waals surface area contributed by atoms with E-state index in [4.69, 9.17) is 11.6 Å². The summed E-state index contributed by atoms with van der Waals surface area (Å²) < 4.78 is 0. The zero-order chi connectivity index (χ0) is 17.0. The molecule has 2 rings (SSSR count). The second kappa shape index (κ2) is 7.21. The monoisotopic (exact) mass is 334 g/mol. The molecule has 6 nitrogen and oxygen atoms in total. The van der Waals surface area contributed by atoms with Crippen LogP contribution in [0.25, 0.3) is 0 Å². The van der Waals surface area contributed by atoms with Crippen LogP contribution < -0.4 is 5.32 Å². The van der Waals surface area contributed by atoms with Gasteiger partial charge in [0.2, 0.25) is 0 Å². The number of hydrogen-bond acceptors (Lipinski definition) is 5. The second-order valence-electron chi connectivity index (χ2n) is 4.96. The van der Waals surface area contributed by atoms with Crippen molar-refractivity contribution in [3.8, 4) is 0 Å². The van der Waals surface area contributed by atoms with Gasteiger partial charge in [-0.2, -0.15) is 0 Å². The Kier molecular flexibility index (Phi) is 5.31. The number of nitrogens with one attached hydrogen (secondary N) is 1. The van der Waals surface area contributed by atoms with Crippen LogP contribution in [-0.4, -0.2) is 22.4 Å². The van der Waals surface area contributed by atoms with Gasteiger partial charge in [-0.25, -0.2) is 0 Å². The van der Waals surface area contributed by atoms with Crippen molar-refractivity contribution in [3.63, 3.8) is 0 Å². The van der Waals surface area contributed by atoms with Crippen LogP contribution in [0.4, 0.5) is 11.4 Å². The molecule has 0 saturated carbocycles. The molecule has 2 aromatic rings. The number of Topliss-reactive ketones (excluding diaryl/α,β-unsaturated/α-hetero) is 1. The fourth-order valence-electron chi connectivity index (χ4n) is 2.11. The van der Waals surface area contributed by atoms with Gasteiger partial charge in [0.25, 0.3) is 5.69 Å². The first-order valence-corrected chi connectivity index (χ1v) is 7.23. The van der Waals surface area contributed by atoms with Crippen LogP contribution in [0.3, 0.4) is 0 Å². The molecule has 120 valence electrons. The molecule has 0 radical (unpaired) electrons. The molecule has 2 N–H and O–H groups in total. The Hall–Kier alpha value is -2.44. The van der Waals surface area contributed by atoms with Gasteiger partial charge in [-0.3, -0.25) is 14.9 Å². The van der Waals surface area contributed by atoms with E-state index in [2.05, 4.69) is 5.32 Å². The van der Waals surface area contributed by atoms with E-state index in [1.54, 1.807) is 24.3 Å². The van der Waals surface area contributed by atoms with Crippen molar-refractivity contribution in [2.24, 2.45) is 0 Å². The lowest BCUT2D eigenvalue weighted by atomic mass is 10.1. The number of carbonyl (C=O) groups excluding carboxylic acids is 1. The standard InChI is InChI=1S/C16H15ClN2O4/c1-10(20)11-6-7-14(15(8-11)19(22)23)18-9-16(21)12-4-2-3-5-13(12)17/h2-8,16,18,21H,9H2,1H3. The van der Waals surface area contributed by atoms with E-state index >= 15 is 0 Å². The first kappa shape index (κ1) is 16.9. The number of aliphatic hydroxyl groups excluding tert-OH is 1. The van der Waals surface area contributed by atoms with Crippen molar-refractivity contribution in [3.05, 3.63) is 68.7 Å². The van der Waals surface area contributed by atoms with Crippen LogP contribution in [0, 0.1) is 10.1 Å². The van der Waals surface area contributed by atoms with Crippen molar-refractivity contribution in [1.82, 2.24) is 0 Å². The fourth-order valence-corrected chi connectivity index (χ4v) is 2.37. The highest BCUT2D eigenvalue weighted by atomic mass is 35.5. The van der Waals surface area contributed by atoms with Gasteiger partial charge in [0.1, 0.15) is 5.69 Å². The van der Waals surface area contributed by atoms with Crippen molar-refractivity contribution >= 4 is 28.8 Å². The summed E-state index contributed by atoms with van der Waals surface area (Å²) in [6.45, 7) is 1.39. The summed E-state index contributed by atoms with van der Waals surface area (Å²) >= 11 is 6.00. The van der Waals surface area contributed by atoms with Crippen LogP contribution >= 0.6 is 11.6 Å². The van der Waals surface area contributed by atoms with Gasteiger partial charge in [0.05, 0.1) is 11.0 Å². The van der Waals surface area contributed by atoms with E-state index < -0.39 is 11.0 Å². The maximum Gasteiger partial charge on any atom is 0.293 e. The molecule has 0 fully saturated rings. The predicted molar refractivity (Wildman–Crippen MR) is 88.0 cm³/mol. The van der Waals surface area contributed by atoms with E-state index in [1.165, 1.54) is 25.1 Å². The number of rotatable bonds is 6. The van der Waals surface area contributed by atoms with Crippen molar-refractivity contribution in [2.45, 2.75) is 13.0 Å². The maximum absolute atomic E-state index is 11.3. The second-order valence-corrected chi connectivity index (χ2v) is 5.37. The highest BCUT2D eigenvalue weighted by Gasteiger charge is 2.18. The molecular weight excluding hydrogens is 320 g/mol. The highest BCUT2D eigenvalue weighted by Crippen LogP contribution is 2.28. The topological polar surface area (TPSA) is 92.5 Å². The Balaban J connectivity index is 2.18. The summed E-state index contributed by atoms with van der Waals surface area (Å²) in [4.78, 5) is 21.9. The number of aliphatic hydroxyl groups is 1.